The van der Waals surface area contributed by atoms with Gasteiger partial charge in [0.1, 0.15) is 12.7 Å². The quantitative estimate of drug-likeness (QED) is 0.0538. The minimum atomic E-state index is -0.459. The molecule has 12 heteroatoms. The maximum atomic E-state index is 12.3. The lowest BCUT2D eigenvalue weighted by Gasteiger charge is -2.14. The number of hydrogen-bond acceptors (Lipinski definition) is 12. The van der Waals surface area contributed by atoms with Crippen molar-refractivity contribution in [3.8, 4) is 0 Å². The van der Waals surface area contributed by atoms with Gasteiger partial charge in [0.05, 0.1) is 0 Å². The summed E-state index contributed by atoms with van der Waals surface area (Å²) < 4.78 is 10.8. The Morgan fingerprint density at radius 3 is 1.13 bits per heavy atom. The predicted molar refractivity (Wildman–Crippen MR) is 179 cm³/mol. The molecule has 0 amide bonds. The molecule has 0 aliphatic carbocycles. The first-order chi connectivity index (χ1) is 22.8. The minimum absolute atomic E-state index is 0.0498. The molecule has 0 N–H and O–H groups in total. The van der Waals surface area contributed by atoms with Crippen LogP contribution in [-0.4, -0.2) is 47.3 Å². The summed E-state index contributed by atoms with van der Waals surface area (Å²) in [7, 11) is 0. The first-order valence-electron chi connectivity index (χ1n) is 18.9. The number of carbonyl (C=O) groups excluding carboxylic acids is 2. The van der Waals surface area contributed by atoms with E-state index in [0.29, 0.717) is 12.8 Å². The molecule has 264 valence electrons. The Morgan fingerprint density at radius 2 is 0.787 bits per heavy atom. The SMILES string of the molecule is CCCCC1(CCCCCC2(CCCCC(=O)OCC(C)OC(=O)CCCCC3(CCCCCC4(CCCC)N=N4)N=N3)N=N2)N=N1. The van der Waals surface area contributed by atoms with E-state index in [4.69, 9.17) is 9.47 Å². The first-order valence-corrected chi connectivity index (χ1v) is 18.9. The summed E-state index contributed by atoms with van der Waals surface area (Å²) in [5.74, 6) is -0.508. The van der Waals surface area contributed by atoms with Gasteiger partial charge >= 0.3 is 11.9 Å². The van der Waals surface area contributed by atoms with Crippen LogP contribution in [0.25, 0.3) is 0 Å². The van der Waals surface area contributed by atoms with Crippen LogP contribution in [0.4, 0.5) is 0 Å². The van der Waals surface area contributed by atoms with E-state index in [1.54, 1.807) is 6.92 Å². The number of rotatable bonds is 31. The number of ether oxygens (including phenoxy) is 2. The maximum Gasteiger partial charge on any atom is 0.306 e. The molecular formula is C35H60N8O4. The summed E-state index contributed by atoms with van der Waals surface area (Å²) in [6.07, 6.45) is 23.2. The van der Waals surface area contributed by atoms with Gasteiger partial charge in [-0.05, 0) is 122 Å². The van der Waals surface area contributed by atoms with Gasteiger partial charge in [-0.15, -0.1) is 0 Å². The molecule has 4 aliphatic heterocycles. The normalized spacial score (nSPS) is 19.8. The lowest BCUT2D eigenvalue weighted by atomic mass is 9.96. The summed E-state index contributed by atoms with van der Waals surface area (Å²) in [5.41, 5.74) is -0.536. The fourth-order valence-corrected chi connectivity index (χ4v) is 6.44. The molecule has 1 atom stereocenters. The van der Waals surface area contributed by atoms with Crippen molar-refractivity contribution in [1.82, 2.24) is 0 Å². The highest BCUT2D eigenvalue weighted by molar-refractivity contribution is 5.70. The van der Waals surface area contributed by atoms with E-state index in [2.05, 4.69) is 54.8 Å². The first kappa shape index (κ1) is 37.2. The maximum absolute atomic E-state index is 12.3. The van der Waals surface area contributed by atoms with Gasteiger partial charge in [-0.25, -0.2) is 0 Å². The number of esters is 2. The van der Waals surface area contributed by atoms with Crippen molar-refractivity contribution >= 4 is 11.9 Å². The van der Waals surface area contributed by atoms with Crippen molar-refractivity contribution in [3.63, 3.8) is 0 Å². The second-order valence-corrected chi connectivity index (χ2v) is 14.5. The van der Waals surface area contributed by atoms with Crippen molar-refractivity contribution < 1.29 is 19.1 Å². The molecule has 0 aromatic carbocycles. The van der Waals surface area contributed by atoms with Crippen molar-refractivity contribution in [2.24, 2.45) is 40.9 Å². The Morgan fingerprint density at radius 1 is 0.468 bits per heavy atom. The van der Waals surface area contributed by atoms with Crippen LogP contribution in [0.2, 0.25) is 0 Å². The Balaban J connectivity index is 0.922. The lowest BCUT2D eigenvalue weighted by molar-refractivity contribution is -0.158. The molecule has 4 rings (SSSR count). The Labute approximate surface area is 281 Å². The molecule has 0 saturated carbocycles. The standard InChI is InChI=1S/C35H60N8O4/c1-4-6-20-32(36-37-32)22-12-8-14-24-34(40-41-34)26-16-10-18-30(44)46-28-29(3)47-31(45)19-11-17-27-35(42-43-35)25-15-9-13-23-33(38-39-33)21-7-5-2/h29H,4-28H2,1-3H3. The summed E-state index contributed by atoms with van der Waals surface area (Å²) in [5, 5.41) is 34.5. The zero-order valence-electron chi connectivity index (χ0n) is 29.5. The van der Waals surface area contributed by atoms with Gasteiger partial charge in [-0.1, -0.05) is 39.5 Å². The topological polar surface area (TPSA) is 151 Å². The van der Waals surface area contributed by atoms with Crippen LogP contribution in [-0.2, 0) is 19.1 Å². The van der Waals surface area contributed by atoms with Crippen molar-refractivity contribution in [2.75, 3.05) is 6.61 Å². The smallest absolute Gasteiger partial charge is 0.306 e. The highest BCUT2D eigenvalue weighted by Gasteiger charge is 2.41. The summed E-state index contributed by atoms with van der Waals surface area (Å²) >= 11 is 0. The van der Waals surface area contributed by atoms with E-state index < -0.39 is 6.10 Å². The number of nitrogens with zero attached hydrogens (tertiary/aromatic N) is 8. The molecule has 0 aromatic rings. The Hall–Kier alpha value is -2.66. The molecule has 4 heterocycles. The van der Waals surface area contributed by atoms with Crippen molar-refractivity contribution in [2.45, 2.75) is 204 Å². The van der Waals surface area contributed by atoms with Crippen LogP contribution >= 0.6 is 0 Å². The minimum Gasteiger partial charge on any atom is -0.462 e. The van der Waals surface area contributed by atoms with E-state index in [9.17, 15) is 9.59 Å². The highest BCUT2D eigenvalue weighted by atomic mass is 16.6. The molecule has 0 saturated heterocycles. The third kappa shape index (κ3) is 14.2. The molecular weight excluding hydrogens is 596 g/mol. The number of carbonyl (C=O) groups is 2. The number of unbranched alkanes of at least 4 members (excludes halogenated alkanes) is 8. The monoisotopic (exact) mass is 656 g/mol. The van der Waals surface area contributed by atoms with Gasteiger partial charge in [-0.2, -0.15) is 40.9 Å². The average molecular weight is 657 g/mol. The second-order valence-electron chi connectivity index (χ2n) is 14.5. The van der Waals surface area contributed by atoms with Crippen LogP contribution in [0, 0.1) is 0 Å². The van der Waals surface area contributed by atoms with E-state index in [1.807, 2.05) is 0 Å². The average Bonchev–Trinajstić information content (AvgIpc) is 3.86. The van der Waals surface area contributed by atoms with E-state index in [0.717, 1.165) is 116 Å². The van der Waals surface area contributed by atoms with E-state index in [1.165, 1.54) is 25.7 Å². The lowest BCUT2D eigenvalue weighted by Crippen LogP contribution is -2.22. The van der Waals surface area contributed by atoms with Gasteiger partial charge in [-0.3, -0.25) is 9.59 Å². The molecule has 4 aliphatic rings. The highest BCUT2D eigenvalue weighted by Crippen LogP contribution is 2.42. The fourth-order valence-electron chi connectivity index (χ4n) is 6.44. The molecule has 12 nitrogen and oxygen atoms in total. The number of hydrogen-bond donors (Lipinski definition) is 0. The molecule has 0 spiro atoms. The molecule has 0 fully saturated rings. The van der Waals surface area contributed by atoms with Crippen molar-refractivity contribution in [3.05, 3.63) is 0 Å². The van der Waals surface area contributed by atoms with Crippen LogP contribution < -0.4 is 0 Å². The summed E-state index contributed by atoms with van der Waals surface area (Å²) in [6.45, 7) is 6.26. The van der Waals surface area contributed by atoms with Crippen LogP contribution in [0.1, 0.15) is 175 Å². The summed E-state index contributed by atoms with van der Waals surface area (Å²) in [4.78, 5) is 24.5. The van der Waals surface area contributed by atoms with Crippen LogP contribution in [0.5, 0.6) is 0 Å². The van der Waals surface area contributed by atoms with Gasteiger partial charge in [0.25, 0.3) is 0 Å². The van der Waals surface area contributed by atoms with Crippen molar-refractivity contribution in [1.29, 1.82) is 0 Å². The predicted octanol–water partition coefficient (Wildman–Crippen LogP) is 10.5. The molecule has 47 heavy (non-hydrogen) atoms. The van der Waals surface area contributed by atoms with Gasteiger partial charge in [0.2, 0.25) is 0 Å². The van der Waals surface area contributed by atoms with Gasteiger partial charge in [0.15, 0.2) is 22.7 Å². The largest absolute Gasteiger partial charge is 0.462 e. The Kier molecular flexibility index (Phi) is 14.4. The van der Waals surface area contributed by atoms with Gasteiger partial charge < -0.3 is 9.47 Å². The van der Waals surface area contributed by atoms with E-state index >= 15 is 0 Å². The van der Waals surface area contributed by atoms with Crippen LogP contribution in [0.3, 0.4) is 0 Å². The van der Waals surface area contributed by atoms with Gasteiger partial charge in [0, 0.05) is 12.8 Å². The zero-order chi connectivity index (χ0) is 33.5. The second kappa shape index (κ2) is 18.2. The Bertz CT molecular complexity index is 1100. The zero-order valence-corrected chi connectivity index (χ0v) is 29.5. The molecule has 0 bridgehead atoms. The third-order valence-corrected chi connectivity index (χ3v) is 9.93. The molecule has 0 radical (unpaired) electrons. The summed E-state index contributed by atoms with van der Waals surface area (Å²) in [6, 6.07) is 0. The fraction of sp³-hybridized carbons (Fsp3) is 0.943. The molecule has 1 unspecified atom stereocenters. The third-order valence-electron chi connectivity index (χ3n) is 9.93. The van der Waals surface area contributed by atoms with E-state index in [-0.39, 0.29) is 41.2 Å². The van der Waals surface area contributed by atoms with Crippen LogP contribution in [0.15, 0.2) is 40.9 Å². The molecule has 0 aromatic heterocycles.